The van der Waals surface area contributed by atoms with E-state index >= 15 is 0 Å². The van der Waals surface area contributed by atoms with Crippen LogP contribution in [0.2, 0.25) is 10.0 Å². The second kappa shape index (κ2) is 9.85. The van der Waals surface area contributed by atoms with Gasteiger partial charge in [-0.3, -0.25) is 4.79 Å². The number of carbonyl (C=O) groups excluding carboxylic acids is 2. The summed E-state index contributed by atoms with van der Waals surface area (Å²) in [6.45, 7) is 2.21. The first-order valence-corrected chi connectivity index (χ1v) is 10.0. The minimum atomic E-state index is -0.372. The summed E-state index contributed by atoms with van der Waals surface area (Å²) in [6, 6.07) is 12.3. The lowest BCUT2D eigenvalue weighted by atomic mass is 10.1. The average molecular weight is 437 g/mol. The van der Waals surface area contributed by atoms with Crippen LogP contribution in [0.15, 0.2) is 42.5 Å². The van der Waals surface area contributed by atoms with Crippen molar-refractivity contribution >= 4 is 35.2 Å². The quantitative estimate of drug-likeness (QED) is 0.708. The van der Waals surface area contributed by atoms with Gasteiger partial charge in [-0.25, -0.2) is 4.79 Å². The van der Waals surface area contributed by atoms with E-state index in [9.17, 15) is 9.59 Å². The molecular formula is C21H22Cl2N2O4. The number of halogens is 2. The van der Waals surface area contributed by atoms with E-state index < -0.39 is 0 Å². The fraction of sp³-hybridized carbons (Fsp3) is 0.333. The van der Waals surface area contributed by atoms with E-state index in [0.29, 0.717) is 54.0 Å². The standard InChI is InChI=1S/C21H22Cl2N2O4/c1-28-21(27)25-10-4-9-24(11-12-25)20(26)17-5-2-3-6-19(17)29-14-15-7-8-16(22)13-18(15)23/h2-3,5-8,13H,4,9-12,14H2,1H3. The van der Waals surface area contributed by atoms with Crippen LogP contribution in [0.1, 0.15) is 22.3 Å². The zero-order valence-corrected chi connectivity index (χ0v) is 17.6. The lowest BCUT2D eigenvalue weighted by Gasteiger charge is -2.22. The van der Waals surface area contributed by atoms with Crippen molar-refractivity contribution in [3.8, 4) is 5.75 Å². The summed E-state index contributed by atoms with van der Waals surface area (Å²) in [4.78, 5) is 28.2. The van der Waals surface area contributed by atoms with E-state index in [2.05, 4.69) is 0 Å². The van der Waals surface area contributed by atoms with Crippen LogP contribution in [-0.2, 0) is 11.3 Å². The van der Waals surface area contributed by atoms with Crippen molar-refractivity contribution in [2.75, 3.05) is 33.3 Å². The number of ether oxygens (including phenoxy) is 2. The van der Waals surface area contributed by atoms with Crippen molar-refractivity contribution in [2.45, 2.75) is 13.0 Å². The molecule has 0 radical (unpaired) electrons. The highest BCUT2D eigenvalue weighted by Gasteiger charge is 2.24. The van der Waals surface area contributed by atoms with Crippen LogP contribution in [0.4, 0.5) is 4.79 Å². The number of amides is 2. The Kier molecular flexibility index (Phi) is 7.23. The molecule has 2 aromatic rings. The third kappa shape index (κ3) is 5.34. The first-order chi connectivity index (χ1) is 14.0. The molecule has 8 heteroatoms. The summed E-state index contributed by atoms with van der Waals surface area (Å²) in [7, 11) is 1.36. The first kappa shape index (κ1) is 21.3. The van der Waals surface area contributed by atoms with Crippen LogP contribution in [-0.4, -0.2) is 55.1 Å². The van der Waals surface area contributed by atoms with Crippen molar-refractivity contribution in [1.29, 1.82) is 0 Å². The summed E-state index contributed by atoms with van der Waals surface area (Å²) in [6.07, 6.45) is 0.312. The molecule has 0 spiro atoms. The maximum absolute atomic E-state index is 13.1. The maximum Gasteiger partial charge on any atom is 0.409 e. The topological polar surface area (TPSA) is 59.1 Å². The van der Waals surface area contributed by atoms with Gasteiger partial charge >= 0.3 is 6.09 Å². The molecule has 3 rings (SSSR count). The predicted molar refractivity (Wildman–Crippen MR) is 112 cm³/mol. The molecule has 2 aromatic carbocycles. The molecule has 154 valence electrons. The van der Waals surface area contributed by atoms with Crippen LogP contribution >= 0.6 is 23.2 Å². The molecule has 1 aliphatic rings. The SMILES string of the molecule is COC(=O)N1CCCN(C(=O)c2ccccc2OCc2ccc(Cl)cc2Cl)CC1. The van der Waals surface area contributed by atoms with E-state index in [4.69, 9.17) is 32.7 Å². The van der Waals surface area contributed by atoms with Gasteiger partial charge < -0.3 is 19.3 Å². The van der Waals surface area contributed by atoms with Crippen LogP contribution < -0.4 is 4.74 Å². The maximum atomic E-state index is 13.1. The molecule has 6 nitrogen and oxygen atoms in total. The van der Waals surface area contributed by atoms with Gasteiger partial charge in [-0.1, -0.05) is 41.4 Å². The van der Waals surface area contributed by atoms with Crippen molar-refractivity contribution in [1.82, 2.24) is 9.80 Å². The van der Waals surface area contributed by atoms with E-state index in [-0.39, 0.29) is 18.6 Å². The van der Waals surface area contributed by atoms with Gasteiger partial charge in [0.05, 0.1) is 12.7 Å². The predicted octanol–water partition coefficient (Wildman–Crippen LogP) is 4.49. The van der Waals surface area contributed by atoms with Gasteiger partial charge in [0.2, 0.25) is 0 Å². The second-order valence-corrected chi connectivity index (χ2v) is 7.47. The Balaban J connectivity index is 1.70. The van der Waals surface area contributed by atoms with E-state index in [1.165, 1.54) is 7.11 Å². The largest absolute Gasteiger partial charge is 0.488 e. The monoisotopic (exact) mass is 436 g/mol. The minimum Gasteiger partial charge on any atom is -0.488 e. The lowest BCUT2D eigenvalue weighted by molar-refractivity contribution is 0.0752. The van der Waals surface area contributed by atoms with Gasteiger partial charge in [0.25, 0.3) is 5.91 Å². The number of nitrogens with zero attached hydrogens (tertiary/aromatic N) is 2. The molecule has 1 aliphatic heterocycles. The van der Waals surface area contributed by atoms with Crippen LogP contribution in [0.3, 0.4) is 0 Å². The molecule has 0 atom stereocenters. The number of benzene rings is 2. The van der Waals surface area contributed by atoms with Gasteiger partial charge in [-0.15, -0.1) is 0 Å². The van der Waals surface area contributed by atoms with E-state index in [0.717, 1.165) is 5.56 Å². The van der Waals surface area contributed by atoms with E-state index in [1.807, 2.05) is 6.07 Å². The number of hydrogen-bond acceptors (Lipinski definition) is 4. The van der Waals surface area contributed by atoms with Crippen molar-refractivity contribution < 1.29 is 19.1 Å². The van der Waals surface area contributed by atoms with Crippen LogP contribution in [0, 0.1) is 0 Å². The molecule has 0 aliphatic carbocycles. The summed E-state index contributed by atoms with van der Waals surface area (Å²) < 4.78 is 10.7. The van der Waals surface area contributed by atoms with E-state index in [1.54, 1.807) is 46.2 Å². The Morgan fingerprint density at radius 3 is 2.48 bits per heavy atom. The fourth-order valence-electron chi connectivity index (χ4n) is 3.17. The van der Waals surface area contributed by atoms with Crippen molar-refractivity contribution in [2.24, 2.45) is 0 Å². The second-order valence-electron chi connectivity index (χ2n) is 6.62. The number of carbonyl (C=O) groups is 2. The zero-order valence-electron chi connectivity index (χ0n) is 16.1. The Bertz CT molecular complexity index is 891. The third-order valence-corrected chi connectivity index (χ3v) is 5.32. The van der Waals surface area contributed by atoms with Gasteiger partial charge in [-0.05, 0) is 30.7 Å². The summed E-state index contributed by atoms with van der Waals surface area (Å²) >= 11 is 12.1. The Morgan fingerprint density at radius 1 is 1.00 bits per heavy atom. The summed E-state index contributed by atoms with van der Waals surface area (Å²) in [5, 5.41) is 1.06. The Labute approximate surface area is 179 Å². The van der Waals surface area contributed by atoms with Gasteiger partial charge in [0, 0.05) is 41.8 Å². The fourth-order valence-corrected chi connectivity index (χ4v) is 3.63. The summed E-state index contributed by atoms with van der Waals surface area (Å²) in [5.41, 5.74) is 1.26. The molecule has 1 saturated heterocycles. The van der Waals surface area contributed by atoms with Crippen LogP contribution in [0.25, 0.3) is 0 Å². The van der Waals surface area contributed by atoms with Crippen molar-refractivity contribution in [3.05, 3.63) is 63.6 Å². The normalized spacial score (nSPS) is 14.3. The molecular weight excluding hydrogens is 415 g/mol. The number of rotatable bonds is 4. The molecule has 0 bridgehead atoms. The molecule has 1 fully saturated rings. The van der Waals surface area contributed by atoms with Gasteiger partial charge in [-0.2, -0.15) is 0 Å². The number of para-hydroxylation sites is 1. The highest BCUT2D eigenvalue weighted by Crippen LogP contribution is 2.25. The Hall–Kier alpha value is -2.44. The average Bonchev–Trinajstić information content (AvgIpc) is 2.98. The molecule has 2 amide bonds. The first-order valence-electron chi connectivity index (χ1n) is 9.27. The number of methoxy groups -OCH3 is 1. The van der Waals surface area contributed by atoms with Crippen molar-refractivity contribution in [3.63, 3.8) is 0 Å². The third-order valence-electron chi connectivity index (χ3n) is 4.73. The molecule has 29 heavy (non-hydrogen) atoms. The highest BCUT2D eigenvalue weighted by atomic mass is 35.5. The highest BCUT2D eigenvalue weighted by molar-refractivity contribution is 6.35. The van der Waals surface area contributed by atoms with Gasteiger partial charge in [0.15, 0.2) is 0 Å². The lowest BCUT2D eigenvalue weighted by Crippen LogP contribution is -2.37. The number of hydrogen-bond donors (Lipinski definition) is 0. The van der Waals surface area contributed by atoms with Crippen LogP contribution in [0.5, 0.6) is 5.75 Å². The molecule has 0 aromatic heterocycles. The summed E-state index contributed by atoms with van der Waals surface area (Å²) in [5.74, 6) is 0.354. The zero-order chi connectivity index (χ0) is 20.8. The smallest absolute Gasteiger partial charge is 0.409 e. The molecule has 0 unspecified atom stereocenters. The molecule has 0 saturated carbocycles. The minimum absolute atomic E-state index is 0.130. The molecule has 1 heterocycles. The Morgan fingerprint density at radius 2 is 1.72 bits per heavy atom. The van der Waals surface area contributed by atoms with Gasteiger partial charge in [0.1, 0.15) is 12.4 Å². The molecule has 0 N–H and O–H groups in total.